The average Bonchev–Trinajstić information content (AvgIpc) is 2.45. The first-order chi connectivity index (χ1) is 9.64. The topological polar surface area (TPSA) is 52.6 Å². The summed E-state index contributed by atoms with van der Waals surface area (Å²) in [5.74, 6) is -0.515. The molecule has 2 aliphatic rings. The molecule has 20 heavy (non-hydrogen) atoms. The van der Waals surface area contributed by atoms with Crippen molar-refractivity contribution >= 4 is 11.9 Å². The van der Waals surface area contributed by atoms with Crippen molar-refractivity contribution < 1.29 is 19.1 Å². The molecule has 1 heterocycles. The summed E-state index contributed by atoms with van der Waals surface area (Å²) in [5.41, 5.74) is -1.05. The van der Waals surface area contributed by atoms with Crippen LogP contribution in [-0.4, -0.2) is 18.2 Å². The summed E-state index contributed by atoms with van der Waals surface area (Å²) < 4.78 is 11.1. The lowest BCUT2D eigenvalue weighted by atomic mass is 9.78. The Bertz CT molecular complexity index is 331. The van der Waals surface area contributed by atoms with E-state index in [1.807, 2.05) is 13.8 Å². The van der Waals surface area contributed by atoms with E-state index in [0.29, 0.717) is 12.8 Å². The Morgan fingerprint density at radius 1 is 0.950 bits per heavy atom. The van der Waals surface area contributed by atoms with Crippen LogP contribution in [0.1, 0.15) is 71.6 Å². The van der Waals surface area contributed by atoms with Crippen LogP contribution in [0.2, 0.25) is 0 Å². The number of rotatable bonds is 5. The van der Waals surface area contributed by atoms with Gasteiger partial charge in [-0.25, -0.2) is 0 Å². The number of carbonyl (C=O) groups excluding carboxylic acids is 2. The van der Waals surface area contributed by atoms with Gasteiger partial charge in [0.05, 0.1) is 0 Å². The lowest BCUT2D eigenvalue weighted by molar-refractivity contribution is -0.236. The zero-order chi connectivity index (χ0) is 14.6. The quantitative estimate of drug-likeness (QED) is 0.571. The number of hydrogen-bond acceptors (Lipinski definition) is 4. The standard InChI is InChI=1S/C16H26O4/c1-3-10-16(11-4-2)14(17)19-13(20-15(16)18)12-8-6-5-7-9-12/h12-13H,3-11H2,1-2H3. The van der Waals surface area contributed by atoms with Gasteiger partial charge >= 0.3 is 11.9 Å². The molecule has 0 aromatic rings. The summed E-state index contributed by atoms with van der Waals surface area (Å²) in [6.45, 7) is 3.95. The van der Waals surface area contributed by atoms with Gasteiger partial charge in [0.15, 0.2) is 5.41 Å². The maximum absolute atomic E-state index is 12.4. The maximum Gasteiger partial charge on any atom is 0.326 e. The molecule has 4 heteroatoms. The molecule has 0 aromatic heterocycles. The van der Waals surface area contributed by atoms with Crippen LogP contribution in [0.5, 0.6) is 0 Å². The minimum Gasteiger partial charge on any atom is -0.424 e. The molecular formula is C16H26O4. The molecule has 1 aliphatic heterocycles. The van der Waals surface area contributed by atoms with E-state index in [2.05, 4.69) is 0 Å². The predicted octanol–water partition coefficient (Wildman–Crippen LogP) is 3.58. The smallest absolute Gasteiger partial charge is 0.326 e. The molecule has 0 bridgehead atoms. The van der Waals surface area contributed by atoms with Crippen LogP contribution < -0.4 is 0 Å². The third-order valence-corrected chi connectivity index (χ3v) is 4.62. The van der Waals surface area contributed by atoms with E-state index < -0.39 is 11.7 Å². The van der Waals surface area contributed by atoms with Crippen LogP contribution in [0.15, 0.2) is 0 Å². The van der Waals surface area contributed by atoms with Gasteiger partial charge < -0.3 is 9.47 Å². The average molecular weight is 282 g/mol. The van der Waals surface area contributed by atoms with E-state index >= 15 is 0 Å². The molecule has 1 saturated heterocycles. The maximum atomic E-state index is 12.4. The van der Waals surface area contributed by atoms with E-state index in [0.717, 1.165) is 38.5 Å². The van der Waals surface area contributed by atoms with E-state index in [1.165, 1.54) is 6.42 Å². The molecule has 0 unspecified atom stereocenters. The van der Waals surface area contributed by atoms with Crippen LogP contribution in [-0.2, 0) is 19.1 Å². The predicted molar refractivity (Wildman–Crippen MR) is 74.8 cm³/mol. The molecule has 0 N–H and O–H groups in total. The summed E-state index contributed by atoms with van der Waals surface area (Å²) in [7, 11) is 0. The fourth-order valence-electron chi connectivity index (χ4n) is 3.53. The highest BCUT2D eigenvalue weighted by Gasteiger charge is 2.53. The van der Waals surface area contributed by atoms with Gasteiger partial charge in [-0.1, -0.05) is 46.0 Å². The Labute approximate surface area is 121 Å². The fraction of sp³-hybridized carbons (Fsp3) is 0.875. The van der Waals surface area contributed by atoms with Crippen molar-refractivity contribution in [2.45, 2.75) is 77.9 Å². The highest BCUT2D eigenvalue weighted by Crippen LogP contribution is 2.40. The van der Waals surface area contributed by atoms with Crippen molar-refractivity contribution in [2.75, 3.05) is 0 Å². The minimum absolute atomic E-state index is 0.193. The van der Waals surface area contributed by atoms with Gasteiger partial charge in [-0.15, -0.1) is 0 Å². The van der Waals surface area contributed by atoms with Gasteiger partial charge in [0, 0.05) is 5.92 Å². The summed E-state index contributed by atoms with van der Waals surface area (Å²) in [5, 5.41) is 0. The monoisotopic (exact) mass is 282 g/mol. The Kier molecular flexibility index (Phi) is 5.06. The summed E-state index contributed by atoms with van der Waals surface area (Å²) in [6, 6.07) is 0. The minimum atomic E-state index is -1.05. The Morgan fingerprint density at radius 2 is 1.45 bits per heavy atom. The molecule has 0 spiro atoms. The molecule has 0 aromatic carbocycles. The number of ether oxygens (including phenoxy) is 2. The van der Waals surface area contributed by atoms with Crippen LogP contribution in [0.25, 0.3) is 0 Å². The van der Waals surface area contributed by atoms with E-state index in [-0.39, 0.29) is 17.9 Å². The SMILES string of the molecule is CCCC1(CCC)C(=O)OC(C2CCCCC2)OC1=O. The highest BCUT2D eigenvalue weighted by molar-refractivity contribution is 6.01. The number of carbonyl (C=O) groups is 2. The second-order valence-electron chi connectivity index (χ2n) is 6.16. The van der Waals surface area contributed by atoms with Crippen molar-refractivity contribution in [1.29, 1.82) is 0 Å². The fourth-order valence-corrected chi connectivity index (χ4v) is 3.53. The first-order valence-electron chi connectivity index (χ1n) is 8.06. The zero-order valence-electron chi connectivity index (χ0n) is 12.7. The molecule has 0 radical (unpaired) electrons. The van der Waals surface area contributed by atoms with E-state index in [1.54, 1.807) is 0 Å². The highest BCUT2D eigenvalue weighted by atomic mass is 16.7. The Balaban J connectivity index is 2.10. The van der Waals surface area contributed by atoms with Crippen molar-refractivity contribution in [3.63, 3.8) is 0 Å². The third-order valence-electron chi connectivity index (χ3n) is 4.62. The summed E-state index contributed by atoms with van der Waals surface area (Å²) in [6.07, 6.45) is 7.41. The van der Waals surface area contributed by atoms with Crippen LogP contribution in [0, 0.1) is 11.3 Å². The van der Waals surface area contributed by atoms with E-state index in [9.17, 15) is 9.59 Å². The normalized spacial score (nSPS) is 24.3. The molecule has 0 atom stereocenters. The van der Waals surface area contributed by atoms with Crippen LogP contribution >= 0.6 is 0 Å². The zero-order valence-corrected chi connectivity index (χ0v) is 12.7. The van der Waals surface area contributed by atoms with Crippen molar-refractivity contribution in [2.24, 2.45) is 11.3 Å². The first kappa shape index (κ1) is 15.3. The molecule has 4 nitrogen and oxygen atoms in total. The Hall–Kier alpha value is -1.06. The molecule has 2 fully saturated rings. The molecule has 114 valence electrons. The van der Waals surface area contributed by atoms with Gasteiger partial charge in [-0.2, -0.15) is 0 Å². The van der Waals surface area contributed by atoms with Gasteiger partial charge in [0.25, 0.3) is 0 Å². The summed E-state index contributed by atoms with van der Waals surface area (Å²) >= 11 is 0. The van der Waals surface area contributed by atoms with Crippen molar-refractivity contribution in [1.82, 2.24) is 0 Å². The van der Waals surface area contributed by atoms with Gasteiger partial charge in [-0.05, 0) is 25.7 Å². The summed E-state index contributed by atoms with van der Waals surface area (Å²) in [4.78, 5) is 24.9. The first-order valence-corrected chi connectivity index (χ1v) is 8.06. The molecule has 0 amide bonds. The third kappa shape index (κ3) is 2.84. The van der Waals surface area contributed by atoms with Gasteiger partial charge in [0.2, 0.25) is 6.29 Å². The largest absolute Gasteiger partial charge is 0.424 e. The van der Waals surface area contributed by atoms with Crippen molar-refractivity contribution in [3.8, 4) is 0 Å². The number of hydrogen-bond donors (Lipinski definition) is 0. The second kappa shape index (κ2) is 6.59. The number of cyclic esters (lactones) is 2. The van der Waals surface area contributed by atoms with Crippen LogP contribution in [0.3, 0.4) is 0 Å². The molecule has 1 aliphatic carbocycles. The van der Waals surface area contributed by atoms with E-state index in [4.69, 9.17) is 9.47 Å². The molecule has 1 saturated carbocycles. The lowest BCUT2D eigenvalue weighted by Gasteiger charge is -2.39. The molecule has 2 rings (SSSR count). The second-order valence-corrected chi connectivity index (χ2v) is 6.16. The van der Waals surface area contributed by atoms with Gasteiger partial charge in [-0.3, -0.25) is 9.59 Å². The lowest BCUT2D eigenvalue weighted by Crippen LogP contribution is -2.52. The van der Waals surface area contributed by atoms with Gasteiger partial charge in [0.1, 0.15) is 0 Å². The molecular weight excluding hydrogens is 256 g/mol. The van der Waals surface area contributed by atoms with Crippen LogP contribution in [0.4, 0.5) is 0 Å². The Morgan fingerprint density at radius 3 is 1.90 bits per heavy atom. The van der Waals surface area contributed by atoms with Crippen molar-refractivity contribution in [3.05, 3.63) is 0 Å². The number of esters is 2.